The number of thiophene rings is 1. The molecule has 1 aromatic carbocycles. The van der Waals surface area contributed by atoms with E-state index in [4.69, 9.17) is 14.2 Å². The smallest absolute Gasteiger partial charge is 0.325 e. The number of amides is 1. The summed E-state index contributed by atoms with van der Waals surface area (Å²) in [6.45, 7) is 0.0605. The Morgan fingerprint density at radius 3 is 2.24 bits per heavy atom. The van der Waals surface area contributed by atoms with Crippen molar-refractivity contribution in [3.05, 3.63) is 44.6 Å². The number of methoxy groups -OCH3 is 3. The molecule has 25 heavy (non-hydrogen) atoms. The third kappa shape index (κ3) is 4.96. The third-order valence-corrected chi connectivity index (χ3v) is 5.26. The molecule has 0 saturated heterocycles. The van der Waals surface area contributed by atoms with E-state index in [1.807, 2.05) is 5.38 Å². The van der Waals surface area contributed by atoms with E-state index in [1.165, 1.54) is 23.3 Å². The quantitative estimate of drug-likeness (QED) is 0.633. The highest BCUT2D eigenvalue weighted by molar-refractivity contribution is 9.10. The number of carbonyl (C=O) groups excluding carboxylic acids is 2. The molecule has 8 heteroatoms. The second-order valence-electron chi connectivity index (χ2n) is 5.06. The zero-order chi connectivity index (χ0) is 18.4. The maximum Gasteiger partial charge on any atom is 0.325 e. The number of benzene rings is 1. The fourth-order valence-electron chi connectivity index (χ4n) is 2.19. The van der Waals surface area contributed by atoms with Crippen LogP contribution in [0.5, 0.6) is 11.5 Å². The van der Waals surface area contributed by atoms with Gasteiger partial charge in [0.25, 0.3) is 5.91 Å². The summed E-state index contributed by atoms with van der Waals surface area (Å²) in [5.41, 5.74) is 0.779. The standard InChI is InChI=1S/C17H18BrNO5S/c1-22-12-6-11(7-13(8-12)23-2)9-19(10-15(20)24-3)17(21)16-14(18)4-5-25-16/h4-8H,9-10H2,1-3H3. The fraction of sp³-hybridized carbons (Fsp3) is 0.294. The Kier molecular flexibility index (Phi) is 6.83. The number of hydrogen-bond donors (Lipinski definition) is 0. The van der Waals surface area contributed by atoms with Crippen LogP contribution in [-0.2, 0) is 16.1 Å². The summed E-state index contributed by atoms with van der Waals surface area (Å²) in [4.78, 5) is 26.5. The average Bonchev–Trinajstić information content (AvgIpc) is 3.05. The maximum absolute atomic E-state index is 12.8. The molecule has 0 unspecified atom stereocenters. The van der Waals surface area contributed by atoms with E-state index >= 15 is 0 Å². The van der Waals surface area contributed by atoms with E-state index in [0.29, 0.717) is 20.8 Å². The number of esters is 1. The van der Waals surface area contributed by atoms with Gasteiger partial charge in [0, 0.05) is 17.1 Å². The molecule has 6 nitrogen and oxygen atoms in total. The highest BCUT2D eigenvalue weighted by Crippen LogP contribution is 2.27. The molecule has 0 atom stereocenters. The van der Waals surface area contributed by atoms with Crippen molar-refractivity contribution in [1.82, 2.24) is 4.90 Å². The van der Waals surface area contributed by atoms with Crippen LogP contribution in [0.2, 0.25) is 0 Å². The van der Waals surface area contributed by atoms with Gasteiger partial charge in [-0.3, -0.25) is 9.59 Å². The van der Waals surface area contributed by atoms with Gasteiger partial charge < -0.3 is 19.1 Å². The zero-order valence-electron chi connectivity index (χ0n) is 14.1. The molecule has 134 valence electrons. The Bertz CT molecular complexity index is 739. The molecule has 1 aromatic heterocycles. The van der Waals surface area contributed by atoms with Gasteiger partial charge in [0.2, 0.25) is 0 Å². The van der Waals surface area contributed by atoms with Crippen LogP contribution in [0.4, 0.5) is 0 Å². The van der Waals surface area contributed by atoms with Crippen LogP contribution in [0.3, 0.4) is 0 Å². The van der Waals surface area contributed by atoms with Crippen molar-refractivity contribution in [1.29, 1.82) is 0 Å². The predicted octanol–water partition coefficient (Wildman–Crippen LogP) is 3.34. The number of halogens is 1. The summed E-state index contributed by atoms with van der Waals surface area (Å²) in [5.74, 6) is 0.471. The number of hydrogen-bond acceptors (Lipinski definition) is 6. The van der Waals surface area contributed by atoms with Crippen LogP contribution in [0.25, 0.3) is 0 Å². The predicted molar refractivity (Wildman–Crippen MR) is 98.3 cm³/mol. The SMILES string of the molecule is COC(=O)CN(Cc1cc(OC)cc(OC)c1)C(=O)c1sccc1Br. The van der Waals surface area contributed by atoms with E-state index in [0.717, 1.165) is 5.56 Å². The zero-order valence-corrected chi connectivity index (χ0v) is 16.5. The van der Waals surface area contributed by atoms with Crippen molar-refractivity contribution in [3.63, 3.8) is 0 Å². The van der Waals surface area contributed by atoms with Crippen LogP contribution in [0, 0.1) is 0 Å². The van der Waals surface area contributed by atoms with Gasteiger partial charge in [-0.15, -0.1) is 11.3 Å². The number of carbonyl (C=O) groups is 2. The molecule has 0 fully saturated rings. The summed E-state index contributed by atoms with van der Waals surface area (Å²) in [6, 6.07) is 7.13. The molecule has 0 aliphatic heterocycles. The minimum absolute atomic E-state index is 0.154. The lowest BCUT2D eigenvalue weighted by Crippen LogP contribution is -2.35. The normalized spacial score (nSPS) is 10.2. The van der Waals surface area contributed by atoms with Gasteiger partial charge in [0.15, 0.2) is 0 Å². The van der Waals surface area contributed by atoms with Gasteiger partial charge in [-0.05, 0) is 45.1 Å². The molecule has 0 aliphatic carbocycles. The number of ether oxygens (including phenoxy) is 3. The first-order valence-electron chi connectivity index (χ1n) is 7.29. The van der Waals surface area contributed by atoms with Crippen LogP contribution in [0.1, 0.15) is 15.2 Å². The Morgan fingerprint density at radius 1 is 1.12 bits per heavy atom. The van der Waals surface area contributed by atoms with Crippen LogP contribution in [0.15, 0.2) is 34.1 Å². The van der Waals surface area contributed by atoms with Gasteiger partial charge >= 0.3 is 5.97 Å². The first kappa shape index (κ1) is 19.3. The monoisotopic (exact) mass is 427 g/mol. The lowest BCUT2D eigenvalue weighted by molar-refractivity contribution is -0.141. The maximum atomic E-state index is 12.8. The molecular formula is C17H18BrNO5S. The van der Waals surface area contributed by atoms with E-state index in [9.17, 15) is 9.59 Å². The Hall–Kier alpha value is -2.06. The van der Waals surface area contributed by atoms with Crippen LogP contribution in [-0.4, -0.2) is 44.7 Å². The van der Waals surface area contributed by atoms with Crippen molar-refractivity contribution >= 4 is 39.1 Å². The molecule has 2 rings (SSSR count). The molecule has 0 bridgehead atoms. The van der Waals surface area contributed by atoms with Crippen LogP contribution < -0.4 is 9.47 Å². The summed E-state index contributed by atoms with van der Waals surface area (Å²) in [6.07, 6.45) is 0. The number of nitrogens with zero attached hydrogens (tertiary/aromatic N) is 1. The topological polar surface area (TPSA) is 65.1 Å². The van der Waals surface area contributed by atoms with Gasteiger partial charge in [0.1, 0.15) is 22.9 Å². The first-order chi connectivity index (χ1) is 12.0. The minimum atomic E-state index is -0.490. The van der Waals surface area contributed by atoms with Crippen molar-refractivity contribution in [2.45, 2.75) is 6.54 Å². The molecule has 1 heterocycles. The van der Waals surface area contributed by atoms with Crippen LogP contribution >= 0.6 is 27.3 Å². The second-order valence-corrected chi connectivity index (χ2v) is 6.83. The summed E-state index contributed by atoms with van der Waals surface area (Å²) < 4.78 is 15.9. The molecule has 2 aromatic rings. The largest absolute Gasteiger partial charge is 0.497 e. The highest BCUT2D eigenvalue weighted by atomic mass is 79.9. The van der Waals surface area contributed by atoms with Gasteiger partial charge in [-0.1, -0.05) is 0 Å². The van der Waals surface area contributed by atoms with Gasteiger partial charge in [-0.2, -0.15) is 0 Å². The summed E-state index contributed by atoms with van der Waals surface area (Å²) in [7, 11) is 4.40. The lowest BCUT2D eigenvalue weighted by atomic mass is 10.1. The Labute approximate surface area is 158 Å². The van der Waals surface area contributed by atoms with Crippen molar-refractivity contribution in [2.24, 2.45) is 0 Å². The third-order valence-electron chi connectivity index (χ3n) is 3.43. The molecule has 0 saturated carbocycles. The summed E-state index contributed by atoms with van der Waals surface area (Å²) in [5, 5.41) is 1.81. The van der Waals surface area contributed by atoms with Crippen molar-refractivity contribution in [2.75, 3.05) is 27.9 Å². The molecule has 1 amide bonds. The minimum Gasteiger partial charge on any atom is -0.497 e. The Morgan fingerprint density at radius 2 is 1.76 bits per heavy atom. The summed E-state index contributed by atoms with van der Waals surface area (Å²) >= 11 is 4.66. The average molecular weight is 428 g/mol. The van der Waals surface area contributed by atoms with E-state index < -0.39 is 5.97 Å². The molecular weight excluding hydrogens is 410 g/mol. The lowest BCUT2D eigenvalue weighted by Gasteiger charge is -2.22. The molecule has 0 N–H and O–H groups in total. The second kappa shape index (κ2) is 8.87. The van der Waals surface area contributed by atoms with E-state index in [-0.39, 0.29) is 19.0 Å². The molecule has 0 spiro atoms. The van der Waals surface area contributed by atoms with E-state index in [1.54, 1.807) is 38.5 Å². The Balaban J connectivity index is 2.31. The van der Waals surface area contributed by atoms with Gasteiger partial charge in [0.05, 0.1) is 21.3 Å². The highest BCUT2D eigenvalue weighted by Gasteiger charge is 2.23. The van der Waals surface area contributed by atoms with E-state index in [2.05, 4.69) is 15.9 Å². The number of rotatable bonds is 7. The van der Waals surface area contributed by atoms with Crippen molar-refractivity contribution in [3.8, 4) is 11.5 Å². The van der Waals surface area contributed by atoms with Gasteiger partial charge in [-0.25, -0.2) is 0 Å². The fourth-order valence-corrected chi connectivity index (χ4v) is 3.70. The first-order valence-corrected chi connectivity index (χ1v) is 8.96. The molecule has 0 radical (unpaired) electrons. The molecule has 0 aliphatic rings. The van der Waals surface area contributed by atoms with Crippen molar-refractivity contribution < 1.29 is 23.8 Å².